The van der Waals surface area contributed by atoms with E-state index >= 15 is 0 Å². The predicted octanol–water partition coefficient (Wildman–Crippen LogP) is 4.65. The highest BCUT2D eigenvalue weighted by Gasteiger charge is 2.38. The molecule has 4 aromatic rings. The molecule has 0 bridgehead atoms. The Morgan fingerprint density at radius 1 is 1.18 bits per heavy atom. The zero-order valence-corrected chi connectivity index (χ0v) is 21.6. The first-order valence-electron chi connectivity index (χ1n) is 11.0. The van der Waals surface area contributed by atoms with Crippen molar-refractivity contribution in [1.82, 2.24) is 19.1 Å². The third kappa shape index (κ3) is 4.17. The molecule has 1 amide bonds. The summed E-state index contributed by atoms with van der Waals surface area (Å²) in [4.78, 5) is 18.2. The van der Waals surface area contributed by atoms with E-state index in [0.717, 1.165) is 39.9 Å². The number of anilines is 1. The number of thiophene rings is 1. The van der Waals surface area contributed by atoms with Crippen molar-refractivity contribution in [3.63, 3.8) is 0 Å². The van der Waals surface area contributed by atoms with Gasteiger partial charge in [-0.2, -0.15) is 14.1 Å². The van der Waals surface area contributed by atoms with Gasteiger partial charge in [-0.25, -0.2) is 13.4 Å². The van der Waals surface area contributed by atoms with Crippen LogP contribution in [0.3, 0.4) is 0 Å². The van der Waals surface area contributed by atoms with Crippen LogP contribution in [0.25, 0.3) is 15.3 Å². The molecule has 0 radical (unpaired) electrons. The fourth-order valence-corrected chi connectivity index (χ4v) is 8.26. The largest absolute Gasteiger partial charge is 0.309 e. The Balaban J connectivity index is 1.46. The quantitative estimate of drug-likeness (QED) is 0.417. The van der Waals surface area contributed by atoms with Crippen LogP contribution in [0.2, 0.25) is 0 Å². The Kier molecular flexibility index (Phi) is 6.05. The Labute approximate surface area is 206 Å². The molecule has 11 heteroatoms. The van der Waals surface area contributed by atoms with Gasteiger partial charge in [-0.1, -0.05) is 29.9 Å². The van der Waals surface area contributed by atoms with Crippen LogP contribution in [0.4, 0.5) is 5.82 Å². The van der Waals surface area contributed by atoms with Gasteiger partial charge in [0.1, 0.15) is 16.1 Å². The van der Waals surface area contributed by atoms with Gasteiger partial charge in [-0.15, -0.1) is 11.3 Å². The van der Waals surface area contributed by atoms with E-state index in [1.165, 1.54) is 27.0 Å². The van der Waals surface area contributed by atoms with Gasteiger partial charge in [-0.3, -0.25) is 4.79 Å². The van der Waals surface area contributed by atoms with Crippen LogP contribution >= 0.6 is 22.7 Å². The van der Waals surface area contributed by atoms with Gasteiger partial charge in [0.15, 0.2) is 0 Å². The summed E-state index contributed by atoms with van der Waals surface area (Å²) in [6.45, 7) is 6.26. The molecule has 0 aliphatic carbocycles. The number of nitrogens with one attached hydrogen (secondary N) is 1. The normalized spacial score (nSPS) is 17.3. The molecule has 1 aliphatic heterocycles. The number of aryl methyl sites for hydroxylation is 3. The van der Waals surface area contributed by atoms with Crippen molar-refractivity contribution in [3.8, 4) is 5.13 Å². The van der Waals surface area contributed by atoms with Crippen molar-refractivity contribution < 1.29 is 13.2 Å². The second-order valence-electron chi connectivity index (χ2n) is 8.56. The number of fused-ring (bicyclic) bond motifs is 1. The van der Waals surface area contributed by atoms with Crippen molar-refractivity contribution >= 4 is 54.6 Å². The van der Waals surface area contributed by atoms with Crippen LogP contribution in [0.15, 0.2) is 39.9 Å². The zero-order chi connectivity index (χ0) is 24.0. The molecule has 5 rings (SSSR count). The number of carbonyl (C=O) groups is 1. The molecule has 1 fully saturated rings. The molecule has 1 aromatic carbocycles. The lowest BCUT2D eigenvalue weighted by molar-refractivity contribution is -0.120. The molecule has 3 aromatic heterocycles. The van der Waals surface area contributed by atoms with Gasteiger partial charge >= 0.3 is 0 Å². The van der Waals surface area contributed by atoms with Gasteiger partial charge in [0, 0.05) is 12.6 Å². The van der Waals surface area contributed by atoms with Crippen LogP contribution in [-0.2, 0) is 14.8 Å². The first-order valence-corrected chi connectivity index (χ1v) is 14.2. The molecule has 1 unspecified atom stereocenters. The fourth-order valence-electron chi connectivity index (χ4n) is 4.37. The summed E-state index contributed by atoms with van der Waals surface area (Å²) in [5, 5.41) is 9.88. The highest BCUT2D eigenvalue weighted by atomic mass is 32.2. The molecule has 178 valence electrons. The Bertz CT molecular complexity index is 1470. The summed E-state index contributed by atoms with van der Waals surface area (Å²) in [7, 11) is -3.73. The van der Waals surface area contributed by atoms with Gasteiger partial charge < -0.3 is 5.32 Å². The summed E-state index contributed by atoms with van der Waals surface area (Å²) in [5.41, 5.74) is 3.89. The van der Waals surface area contributed by atoms with E-state index in [1.807, 2.05) is 13.8 Å². The van der Waals surface area contributed by atoms with Crippen molar-refractivity contribution in [2.45, 2.75) is 50.3 Å². The molecule has 34 heavy (non-hydrogen) atoms. The number of carbonyl (C=O) groups excluding carboxylic acids is 1. The highest BCUT2D eigenvalue weighted by Crippen LogP contribution is 2.31. The Morgan fingerprint density at radius 2 is 2.00 bits per heavy atom. The van der Waals surface area contributed by atoms with Crippen LogP contribution in [0, 0.1) is 20.8 Å². The van der Waals surface area contributed by atoms with E-state index < -0.39 is 16.1 Å². The zero-order valence-electron chi connectivity index (χ0n) is 19.1. The minimum atomic E-state index is -3.73. The fraction of sp³-hybridized carbons (Fsp3) is 0.348. The molecular formula is C23H25N5O3S3. The first kappa shape index (κ1) is 23.2. The van der Waals surface area contributed by atoms with E-state index in [1.54, 1.807) is 28.3 Å². The molecule has 8 nitrogen and oxygen atoms in total. The van der Waals surface area contributed by atoms with Crippen molar-refractivity contribution in [1.29, 1.82) is 0 Å². The van der Waals surface area contributed by atoms with E-state index in [0.29, 0.717) is 23.9 Å². The smallest absolute Gasteiger partial charge is 0.253 e. The highest BCUT2D eigenvalue weighted by molar-refractivity contribution is 7.91. The molecule has 1 N–H and O–H groups in total. The number of aromatic nitrogens is 3. The Hall–Kier alpha value is -2.60. The maximum atomic E-state index is 13.4. The molecule has 0 spiro atoms. The average Bonchev–Trinajstić information content (AvgIpc) is 3.53. The topological polar surface area (TPSA) is 97.2 Å². The number of amides is 1. The number of rotatable bonds is 5. The number of sulfonamides is 1. The second kappa shape index (κ2) is 8.88. The summed E-state index contributed by atoms with van der Waals surface area (Å²) >= 11 is 2.67. The molecule has 0 saturated carbocycles. The lowest BCUT2D eigenvalue weighted by Gasteiger charge is -2.33. The van der Waals surface area contributed by atoms with Crippen molar-refractivity contribution in [2.75, 3.05) is 11.9 Å². The molecule has 1 atom stereocenters. The SMILES string of the molecule is Cc1cc(C)c2nc(-n3nc(C)cc3NC(=O)C3CCCCN3S(=O)(=O)c3cccs3)sc2c1. The van der Waals surface area contributed by atoms with E-state index in [9.17, 15) is 13.2 Å². The lowest BCUT2D eigenvalue weighted by Crippen LogP contribution is -2.49. The minimum Gasteiger partial charge on any atom is -0.309 e. The maximum Gasteiger partial charge on any atom is 0.253 e. The summed E-state index contributed by atoms with van der Waals surface area (Å²) in [6.07, 6.45) is 2.00. The average molecular weight is 516 g/mol. The standard InChI is InChI=1S/C23H25N5O3S3/c1-14-11-15(2)21-18(12-14)33-23(25-21)28-19(13-16(3)26-28)24-22(29)17-7-4-5-9-27(17)34(30,31)20-8-6-10-32-20/h6,8,10-13,17H,4-5,7,9H2,1-3H3,(H,24,29). The van der Waals surface area contributed by atoms with E-state index in [-0.39, 0.29) is 10.1 Å². The van der Waals surface area contributed by atoms with E-state index in [2.05, 4.69) is 29.5 Å². The molecule has 1 saturated heterocycles. The number of piperidine rings is 1. The third-order valence-corrected chi connectivity index (χ3v) is 10.2. The van der Waals surface area contributed by atoms with Gasteiger partial charge in [0.2, 0.25) is 11.0 Å². The molecule has 1 aliphatic rings. The van der Waals surface area contributed by atoms with Crippen LogP contribution in [-0.4, -0.2) is 46.0 Å². The van der Waals surface area contributed by atoms with Gasteiger partial charge in [-0.05, 0) is 62.3 Å². The first-order chi connectivity index (χ1) is 16.2. The monoisotopic (exact) mass is 515 g/mol. The van der Waals surface area contributed by atoms with Crippen molar-refractivity contribution in [3.05, 3.63) is 52.5 Å². The van der Waals surface area contributed by atoms with Gasteiger partial charge in [0.25, 0.3) is 10.0 Å². The number of thiazole rings is 1. The van der Waals surface area contributed by atoms with Gasteiger partial charge in [0.05, 0.1) is 15.9 Å². The number of nitrogens with zero attached hydrogens (tertiary/aromatic N) is 4. The summed E-state index contributed by atoms with van der Waals surface area (Å²) in [5.74, 6) is 0.129. The van der Waals surface area contributed by atoms with Crippen LogP contribution in [0.1, 0.15) is 36.1 Å². The predicted molar refractivity (Wildman–Crippen MR) is 135 cm³/mol. The number of benzene rings is 1. The Morgan fingerprint density at radius 3 is 2.76 bits per heavy atom. The molecule has 4 heterocycles. The lowest BCUT2D eigenvalue weighted by atomic mass is 10.0. The minimum absolute atomic E-state index is 0.258. The van der Waals surface area contributed by atoms with E-state index in [4.69, 9.17) is 4.98 Å². The van der Waals surface area contributed by atoms with Crippen molar-refractivity contribution in [2.24, 2.45) is 0 Å². The number of hydrogen-bond acceptors (Lipinski definition) is 7. The van der Waals surface area contributed by atoms with Crippen LogP contribution < -0.4 is 5.32 Å². The second-order valence-corrected chi connectivity index (χ2v) is 12.6. The summed E-state index contributed by atoms with van der Waals surface area (Å²) < 4.78 is 30.7. The third-order valence-electron chi connectivity index (χ3n) is 5.90. The molecular weight excluding hydrogens is 490 g/mol. The summed E-state index contributed by atoms with van der Waals surface area (Å²) in [6, 6.07) is 8.48. The number of hydrogen-bond donors (Lipinski definition) is 1. The maximum absolute atomic E-state index is 13.4. The van der Waals surface area contributed by atoms with Crippen LogP contribution in [0.5, 0.6) is 0 Å².